The van der Waals surface area contributed by atoms with Crippen LogP contribution >= 0.6 is 0 Å². The van der Waals surface area contributed by atoms with E-state index in [1.54, 1.807) is 72.8 Å². The number of nitrogens with zero attached hydrogens (tertiary/aromatic N) is 5. The molecule has 0 spiro atoms. The minimum atomic E-state index is -5.09. The second-order valence-electron chi connectivity index (χ2n) is 14.1. The van der Waals surface area contributed by atoms with E-state index >= 15 is 21.6 Å². The summed E-state index contributed by atoms with van der Waals surface area (Å²) in [5.74, 6) is 1.54. The fraction of sp³-hybridized carbons (Fsp3) is 0.366. The Hall–Kier alpha value is -5.68. The molecule has 1 fully saturated rings. The van der Waals surface area contributed by atoms with Gasteiger partial charge in [0.1, 0.15) is 22.1 Å². The van der Waals surface area contributed by atoms with Gasteiger partial charge in [0.05, 0.1) is 33.4 Å². The standard InChI is InChI=1S/C41H45F3N6O7S/c1-55-33-17-7-28(8-18-33)24-49(25-29-9-19-34(56-2)20-10-29)58(53,54)38-36(41(42,43)44)23-14-31(13-4-27-5-15-32(16-6-27)45-40(51)52)37(38)39-46-48-50(47-39)26-30-11-21-35(57-3)22-12-30/h7-12,14,17-23,27,32,45H,4-6,13,15-16,24-26H2,1-3H3,(H,51,52). The lowest BCUT2D eigenvalue weighted by molar-refractivity contribution is -0.139. The first-order valence-electron chi connectivity index (χ1n) is 18.7. The van der Waals surface area contributed by atoms with Crippen molar-refractivity contribution < 1.29 is 45.7 Å². The van der Waals surface area contributed by atoms with Gasteiger partial charge in [0.2, 0.25) is 15.8 Å². The number of hydrogen-bond acceptors (Lipinski definition) is 9. The van der Waals surface area contributed by atoms with Crippen molar-refractivity contribution in [2.24, 2.45) is 5.92 Å². The van der Waals surface area contributed by atoms with Crippen molar-refractivity contribution in [3.63, 3.8) is 0 Å². The third kappa shape index (κ3) is 10.2. The molecular weight excluding hydrogens is 778 g/mol. The lowest BCUT2D eigenvalue weighted by atomic mass is 9.82. The van der Waals surface area contributed by atoms with Crippen LogP contribution in [0.15, 0.2) is 89.8 Å². The number of alkyl halides is 3. The number of methoxy groups -OCH3 is 3. The molecule has 5 aromatic rings. The van der Waals surface area contributed by atoms with E-state index in [0.717, 1.165) is 15.9 Å². The van der Waals surface area contributed by atoms with Crippen LogP contribution in [0, 0.1) is 5.92 Å². The summed E-state index contributed by atoms with van der Waals surface area (Å²) in [5.41, 5.74) is 0.468. The predicted molar refractivity (Wildman–Crippen MR) is 208 cm³/mol. The highest BCUT2D eigenvalue weighted by atomic mass is 32.2. The normalized spacial score (nSPS) is 15.9. The molecule has 0 aliphatic heterocycles. The van der Waals surface area contributed by atoms with Crippen LogP contribution in [0.2, 0.25) is 0 Å². The molecule has 58 heavy (non-hydrogen) atoms. The third-order valence-electron chi connectivity index (χ3n) is 10.3. The van der Waals surface area contributed by atoms with E-state index in [1.165, 1.54) is 32.2 Å². The first-order chi connectivity index (χ1) is 27.8. The van der Waals surface area contributed by atoms with Gasteiger partial charge >= 0.3 is 12.3 Å². The second kappa shape index (κ2) is 18.3. The number of halogens is 3. The Labute approximate surface area is 334 Å². The summed E-state index contributed by atoms with van der Waals surface area (Å²) in [4.78, 5) is 11.4. The molecule has 1 saturated carbocycles. The van der Waals surface area contributed by atoms with Crippen molar-refractivity contribution in [3.8, 4) is 28.6 Å². The van der Waals surface area contributed by atoms with Gasteiger partial charge in [-0.2, -0.15) is 22.3 Å². The van der Waals surface area contributed by atoms with Crippen molar-refractivity contribution in [1.29, 1.82) is 0 Å². The molecule has 1 amide bonds. The van der Waals surface area contributed by atoms with E-state index < -0.39 is 32.8 Å². The molecule has 308 valence electrons. The largest absolute Gasteiger partial charge is 0.497 e. The zero-order valence-corrected chi connectivity index (χ0v) is 33.1. The molecule has 0 radical (unpaired) electrons. The molecule has 6 rings (SSSR count). The average Bonchev–Trinajstić information content (AvgIpc) is 3.68. The number of carboxylic acid groups (broad SMARTS) is 1. The summed E-state index contributed by atoms with van der Waals surface area (Å²) in [5, 5.41) is 24.5. The summed E-state index contributed by atoms with van der Waals surface area (Å²) in [6.07, 6.45) is -2.84. The molecule has 1 aliphatic carbocycles. The van der Waals surface area contributed by atoms with Crippen LogP contribution in [0.3, 0.4) is 0 Å². The number of nitrogens with one attached hydrogen (secondary N) is 1. The zero-order chi connectivity index (χ0) is 41.5. The molecule has 4 aromatic carbocycles. The number of benzene rings is 4. The van der Waals surface area contributed by atoms with Crippen LogP contribution in [0.4, 0.5) is 18.0 Å². The molecule has 17 heteroatoms. The molecule has 1 aromatic heterocycles. The maximum atomic E-state index is 15.2. The maximum Gasteiger partial charge on any atom is 0.417 e. The summed E-state index contributed by atoms with van der Waals surface area (Å²) in [6, 6.07) is 22.2. The van der Waals surface area contributed by atoms with Gasteiger partial charge in [-0.15, -0.1) is 10.2 Å². The van der Waals surface area contributed by atoms with E-state index in [9.17, 15) is 4.79 Å². The molecule has 0 unspecified atom stereocenters. The number of aryl methyl sites for hydroxylation is 1. The lowest BCUT2D eigenvalue weighted by Gasteiger charge is -2.29. The van der Waals surface area contributed by atoms with Crippen molar-refractivity contribution in [1.82, 2.24) is 29.8 Å². The number of carbonyl (C=O) groups is 1. The number of hydrogen-bond donors (Lipinski definition) is 2. The predicted octanol–water partition coefficient (Wildman–Crippen LogP) is 7.58. The van der Waals surface area contributed by atoms with Crippen LogP contribution < -0.4 is 19.5 Å². The van der Waals surface area contributed by atoms with Crippen molar-refractivity contribution >= 4 is 16.1 Å². The quantitative estimate of drug-likeness (QED) is 0.102. The van der Waals surface area contributed by atoms with E-state index in [-0.39, 0.29) is 49.4 Å². The third-order valence-corrected chi connectivity index (χ3v) is 12.2. The highest BCUT2D eigenvalue weighted by Crippen LogP contribution is 2.43. The highest BCUT2D eigenvalue weighted by molar-refractivity contribution is 7.89. The van der Waals surface area contributed by atoms with E-state index in [0.29, 0.717) is 66.0 Å². The fourth-order valence-electron chi connectivity index (χ4n) is 7.23. The maximum absolute atomic E-state index is 15.2. The number of tetrazole rings is 1. The summed E-state index contributed by atoms with van der Waals surface area (Å²) in [7, 11) is -0.487. The van der Waals surface area contributed by atoms with E-state index in [4.69, 9.17) is 19.3 Å². The Morgan fingerprint density at radius 3 is 1.81 bits per heavy atom. The summed E-state index contributed by atoms with van der Waals surface area (Å²) < 4.78 is 92.9. The van der Waals surface area contributed by atoms with Gasteiger partial charge in [0.25, 0.3) is 0 Å². The highest BCUT2D eigenvalue weighted by Gasteiger charge is 2.43. The van der Waals surface area contributed by atoms with Gasteiger partial charge < -0.3 is 24.6 Å². The Morgan fingerprint density at radius 2 is 1.33 bits per heavy atom. The van der Waals surface area contributed by atoms with E-state index in [2.05, 4.69) is 20.7 Å². The van der Waals surface area contributed by atoms with Gasteiger partial charge in [-0.1, -0.05) is 42.5 Å². The van der Waals surface area contributed by atoms with Crippen molar-refractivity contribution in [3.05, 3.63) is 113 Å². The average molecular weight is 823 g/mol. The van der Waals surface area contributed by atoms with Crippen LogP contribution in [0.1, 0.15) is 59.9 Å². The Morgan fingerprint density at radius 1 is 0.810 bits per heavy atom. The van der Waals surface area contributed by atoms with Gasteiger partial charge in [-0.3, -0.25) is 0 Å². The molecular formula is C41H45F3N6O7S. The smallest absolute Gasteiger partial charge is 0.417 e. The lowest BCUT2D eigenvalue weighted by Crippen LogP contribution is -2.36. The second-order valence-corrected chi connectivity index (χ2v) is 16.0. The SMILES string of the molecule is COc1ccc(CN(Cc2ccc(OC)cc2)S(=O)(=O)c2c(C(F)(F)F)ccc(CCC3CCC(NC(=O)O)CC3)c2-c2nnn(Cc3ccc(OC)cc3)n2)cc1. The molecule has 1 aliphatic rings. The minimum absolute atomic E-state index is 0.0993. The van der Waals surface area contributed by atoms with Crippen LogP contribution in [0.5, 0.6) is 17.2 Å². The zero-order valence-electron chi connectivity index (χ0n) is 32.3. The monoisotopic (exact) mass is 822 g/mol. The summed E-state index contributed by atoms with van der Waals surface area (Å²) in [6.45, 7) is -0.447. The van der Waals surface area contributed by atoms with Gasteiger partial charge in [0.15, 0.2) is 0 Å². The number of aromatic nitrogens is 4. The first kappa shape index (κ1) is 41.9. The number of sulfonamides is 1. The van der Waals surface area contributed by atoms with Gasteiger partial charge in [-0.25, -0.2) is 13.2 Å². The topological polar surface area (TPSA) is 158 Å². The van der Waals surface area contributed by atoms with Crippen molar-refractivity contribution in [2.45, 2.75) is 75.3 Å². The molecule has 0 atom stereocenters. The van der Waals surface area contributed by atoms with Crippen LogP contribution in [0.25, 0.3) is 11.4 Å². The number of amides is 1. The van der Waals surface area contributed by atoms with Crippen LogP contribution in [-0.2, 0) is 42.3 Å². The molecule has 13 nitrogen and oxygen atoms in total. The Bertz CT molecular complexity index is 2210. The molecule has 2 N–H and O–H groups in total. The Kier molecular flexibility index (Phi) is 13.2. The van der Waals surface area contributed by atoms with Crippen molar-refractivity contribution in [2.75, 3.05) is 21.3 Å². The minimum Gasteiger partial charge on any atom is -0.497 e. The van der Waals surface area contributed by atoms with Gasteiger partial charge in [-0.05, 0) is 114 Å². The first-order valence-corrected chi connectivity index (χ1v) is 20.1. The summed E-state index contributed by atoms with van der Waals surface area (Å²) >= 11 is 0. The Balaban J connectivity index is 1.46. The fourth-order valence-corrected chi connectivity index (χ4v) is 9.06. The number of ether oxygens (including phenoxy) is 3. The molecule has 0 saturated heterocycles. The number of rotatable bonds is 16. The van der Waals surface area contributed by atoms with Crippen LogP contribution in [-0.4, -0.2) is 71.5 Å². The molecule has 0 bridgehead atoms. The van der Waals surface area contributed by atoms with Gasteiger partial charge in [0, 0.05) is 24.7 Å². The van der Waals surface area contributed by atoms with E-state index in [1.807, 2.05) is 0 Å². The molecule has 1 heterocycles.